The Balaban J connectivity index is 0.941. The number of hydrogen-bond acceptors (Lipinski definition) is 3. The van der Waals surface area contributed by atoms with Crippen LogP contribution in [0.3, 0.4) is 0 Å². The number of nitrogens with zero attached hydrogens (tertiary/aromatic N) is 2. The van der Waals surface area contributed by atoms with E-state index >= 15 is 0 Å². The lowest BCUT2D eigenvalue weighted by atomic mass is 9.67. The minimum absolute atomic E-state index is 0.458. The molecule has 3 heteroatoms. The molecule has 12 aromatic rings. The van der Waals surface area contributed by atoms with Crippen molar-refractivity contribution in [3.8, 4) is 67.3 Å². The van der Waals surface area contributed by atoms with Crippen molar-refractivity contribution < 1.29 is 0 Å². The second kappa shape index (κ2) is 15.5. The predicted molar refractivity (Wildman–Crippen MR) is 277 cm³/mol. The number of hydrogen-bond donors (Lipinski definition) is 0. The molecule has 0 saturated heterocycles. The van der Waals surface area contributed by atoms with Crippen molar-refractivity contribution in [3.05, 3.63) is 265 Å². The Labute approximate surface area is 387 Å². The smallest absolute Gasteiger partial charge is 0.160 e. The van der Waals surface area contributed by atoms with Gasteiger partial charge in [0.25, 0.3) is 0 Å². The molecule has 10 aromatic carbocycles. The lowest BCUT2D eigenvalue weighted by molar-refractivity contribution is 0.769. The zero-order valence-electron chi connectivity index (χ0n) is 35.9. The van der Waals surface area contributed by atoms with Crippen molar-refractivity contribution >= 4 is 42.3 Å². The van der Waals surface area contributed by atoms with Crippen LogP contribution in [-0.4, -0.2) is 9.97 Å². The Morgan fingerprint density at radius 2 is 0.833 bits per heavy atom. The van der Waals surface area contributed by atoms with Crippen LogP contribution in [-0.2, 0) is 5.41 Å². The molecular formula is C63H40N2S. The maximum absolute atomic E-state index is 5.30. The van der Waals surface area contributed by atoms with E-state index in [2.05, 4.69) is 237 Å². The monoisotopic (exact) mass is 856 g/mol. The molecule has 2 nitrogen and oxygen atoms in total. The molecule has 0 spiro atoms. The summed E-state index contributed by atoms with van der Waals surface area (Å²) in [5.41, 5.74) is 16.9. The Morgan fingerprint density at radius 3 is 1.62 bits per heavy atom. The van der Waals surface area contributed by atoms with Crippen molar-refractivity contribution in [3.63, 3.8) is 0 Å². The van der Waals surface area contributed by atoms with E-state index < -0.39 is 5.41 Å². The molecule has 66 heavy (non-hydrogen) atoms. The van der Waals surface area contributed by atoms with E-state index in [4.69, 9.17) is 9.97 Å². The van der Waals surface area contributed by atoms with Gasteiger partial charge in [-0.2, -0.15) is 0 Å². The van der Waals surface area contributed by atoms with Gasteiger partial charge < -0.3 is 0 Å². The van der Waals surface area contributed by atoms with E-state index in [9.17, 15) is 0 Å². The first-order valence-electron chi connectivity index (χ1n) is 22.6. The molecular weight excluding hydrogens is 817 g/mol. The van der Waals surface area contributed by atoms with Gasteiger partial charge in [-0.15, -0.1) is 11.3 Å². The van der Waals surface area contributed by atoms with Gasteiger partial charge in [0.2, 0.25) is 0 Å². The molecule has 0 amide bonds. The number of aromatic nitrogens is 2. The molecule has 0 N–H and O–H groups in total. The third-order valence-corrected chi connectivity index (χ3v) is 14.7. The number of rotatable bonds is 7. The molecule has 0 radical (unpaired) electrons. The molecule has 13 rings (SSSR count). The third kappa shape index (κ3) is 6.09. The standard InChI is InChI=1S/C63H40N2S/c1-4-17-41(18-5-1)62-64-58(45-32-36-61-55(38-45)54-28-13-15-30-60(54)66-61)40-59(65-62)53-35-34-48(49-25-10-11-26-50(49)53)44-20-16-19-42(37-44)43-31-33-52-51-27-12-14-29-56(51)63(57(52)39-43,46-21-6-2-7-22-46)47-23-8-3-9-24-47/h1-40H. The van der Waals surface area contributed by atoms with Crippen LogP contribution < -0.4 is 0 Å². The average molecular weight is 857 g/mol. The van der Waals surface area contributed by atoms with Crippen LogP contribution in [0.1, 0.15) is 22.3 Å². The molecule has 0 fully saturated rings. The highest BCUT2D eigenvalue weighted by atomic mass is 32.1. The van der Waals surface area contributed by atoms with Crippen LogP contribution in [0, 0.1) is 0 Å². The van der Waals surface area contributed by atoms with Gasteiger partial charge in [0.15, 0.2) is 5.82 Å². The van der Waals surface area contributed by atoms with E-state index in [-0.39, 0.29) is 0 Å². The van der Waals surface area contributed by atoms with Gasteiger partial charge in [-0.05, 0) is 103 Å². The van der Waals surface area contributed by atoms with Gasteiger partial charge in [-0.25, -0.2) is 9.97 Å². The normalized spacial score (nSPS) is 12.7. The maximum atomic E-state index is 5.30. The zero-order valence-corrected chi connectivity index (χ0v) is 36.7. The van der Waals surface area contributed by atoms with Crippen molar-refractivity contribution in [2.75, 3.05) is 0 Å². The molecule has 0 unspecified atom stereocenters. The summed E-state index contributed by atoms with van der Waals surface area (Å²) in [6.07, 6.45) is 0. The fourth-order valence-corrected chi connectivity index (χ4v) is 11.7. The highest BCUT2D eigenvalue weighted by molar-refractivity contribution is 7.25. The summed E-state index contributed by atoms with van der Waals surface area (Å²) in [4.78, 5) is 10.5. The number of benzene rings is 10. The number of fused-ring (bicyclic) bond motifs is 7. The molecule has 2 heterocycles. The van der Waals surface area contributed by atoms with Crippen LogP contribution in [0.4, 0.5) is 0 Å². The van der Waals surface area contributed by atoms with E-state index in [1.807, 2.05) is 17.4 Å². The first-order valence-corrected chi connectivity index (χ1v) is 23.4. The topological polar surface area (TPSA) is 25.8 Å². The maximum Gasteiger partial charge on any atom is 0.160 e. The molecule has 2 aromatic heterocycles. The molecule has 0 atom stereocenters. The van der Waals surface area contributed by atoms with Crippen molar-refractivity contribution in [2.24, 2.45) is 0 Å². The quantitative estimate of drug-likeness (QED) is 0.160. The summed E-state index contributed by atoms with van der Waals surface area (Å²) in [6.45, 7) is 0. The molecule has 0 bridgehead atoms. The van der Waals surface area contributed by atoms with Crippen LogP contribution >= 0.6 is 11.3 Å². The Hall–Kier alpha value is -8.24. The first kappa shape index (κ1) is 38.2. The third-order valence-electron chi connectivity index (χ3n) is 13.6. The predicted octanol–water partition coefficient (Wildman–Crippen LogP) is 16.7. The lowest BCUT2D eigenvalue weighted by Gasteiger charge is -2.34. The SMILES string of the molecule is c1ccc(-c2nc(-c3ccc4sc5ccccc5c4c3)cc(-c3ccc(-c4cccc(-c5ccc6c(c5)C(c5ccccc5)(c5ccccc5)c5ccccc5-6)c4)c4ccccc34)n2)cc1. The summed E-state index contributed by atoms with van der Waals surface area (Å²) in [6, 6.07) is 88.3. The van der Waals surface area contributed by atoms with Crippen LogP contribution in [0.15, 0.2) is 243 Å². The molecule has 1 aliphatic rings. The fourth-order valence-electron chi connectivity index (χ4n) is 10.6. The summed E-state index contributed by atoms with van der Waals surface area (Å²) < 4.78 is 2.57. The zero-order chi connectivity index (χ0) is 43.6. The first-order chi connectivity index (χ1) is 32.7. The number of thiophene rings is 1. The molecule has 308 valence electrons. The van der Waals surface area contributed by atoms with Gasteiger partial charge in [0, 0.05) is 36.9 Å². The van der Waals surface area contributed by atoms with Crippen LogP contribution in [0.5, 0.6) is 0 Å². The second-order valence-corrected chi connectivity index (χ2v) is 18.3. The Bertz CT molecular complexity index is 3780. The van der Waals surface area contributed by atoms with Gasteiger partial charge in [0.1, 0.15) is 0 Å². The van der Waals surface area contributed by atoms with Crippen LogP contribution in [0.25, 0.3) is 98.2 Å². The lowest BCUT2D eigenvalue weighted by Crippen LogP contribution is -2.28. The van der Waals surface area contributed by atoms with Crippen LogP contribution in [0.2, 0.25) is 0 Å². The van der Waals surface area contributed by atoms with Gasteiger partial charge >= 0.3 is 0 Å². The Kier molecular flexibility index (Phi) is 8.97. The van der Waals surface area contributed by atoms with Crippen molar-refractivity contribution in [2.45, 2.75) is 5.41 Å². The van der Waals surface area contributed by atoms with Crippen molar-refractivity contribution in [1.29, 1.82) is 0 Å². The highest BCUT2D eigenvalue weighted by Gasteiger charge is 2.46. The minimum Gasteiger partial charge on any atom is -0.228 e. The molecule has 1 aliphatic carbocycles. The van der Waals surface area contributed by atoms with E-state index in [1.54, 1.807) is 0 Å². The summed E-state index contributed by atoms with van der Waals surface area (Å²) in [7, 11) is 0. The highest BCUT2D eigenvalue weighted by Crippen LogP contribution is 2.56. The second-order valence-electron chi connectivity index (χ2n) is 17.2. The van der Waals surface area contributed by atoms with E-state index in [0.717, 1.165) is 33.5 Å². The molecule has 0 saturated carbocycles. The van der Waals surface area contributed by atoms with E-state index in [0.29, 0.717) is 5.82 Å². The van der Waals surface area contributed by atoms with Gasteiger partial charge in [0.05, 0.1) is 16.8 Å². The molecule has 0 aliphatic heterocycles. The fraction of sp³-hybridized carbons (Fsp3) is 0.0159. The van der Waals surface area contributed by atoms with Gasteiger partial charge in [-0.1, -0.05) is 206 Å². The Morgan fingerprint density at radius 1 is 0.288 bits per heavy atom. The minimum atomic E-state index is -0.458. The largest absolute Gasteiger partial charge is 0.228 e. The van der Waals surface area contributed by atoms with Crippen molar-refractivity contribution in [1.82, 2.24) is 9.97 Å². The summed E-state index contributed by atoms with van der Waals surface area (Å²) >= 11 is 1.83. The summed E-state index contributed by atoms with van der Waals surface area (Å²) in [5, 5.41) is 4.85. The summed E-state index contributed by atoms with van der Waals surface area (Å²) in [5.74, 6) is 0.709. The average Bonchev–Trinajstić information content (AvgIpc) is 3.92. The van der Waals surface area contributed by atoms with Gasteiger partial charge in [-0.3, -0.25) is 0 Å². The van der Waals surface area contributed by atoms with E-state index in [1.165, 1.54) is 81.2 Å².